The van der Waals surface area contributed by atoms with Gasteiger partial charge in [0.2, 0.25) is 0 Å². The van der Waals surface area contributed by atoms with Crippen molar-refractivity contribution in [3.05, 3.63) is 168 Å². The zero-order chi connectivity index (χ0) is 28.3. The van der Waals surface area contributed by atoms with Crippen molar-refractivity contribution in [3.63, 3.8) is 0 Å². The summed E-state index contributed by atoms with van der Waals surface area (Å²) in [6.45, 7) is 8.59. The summed E-state index contributed by atoms with van der Waals surface area (Å²) in [5.74, 6) is 0.936. The monoisotopic (exact) mass is 726 g/mol. The third kappa shape index (κ3) is 10.5. The molecule has 2 aliphatic carbocycles. The van der Waals surface area contributed by atoms with Gasteiger partial charge >= 0.3 is 101 Å². The summed E-state index contributed by atoms with van der Waals surface area (Å²) in [7, 11) is -1.11. The van der Waals surface area contributed by atoms with E-state index < -0.39 is 9.98 Å². The molecule has 2 unspecified atom stereocenters. The van der Waals surface area contributed by atoms with Gasteiger partial charge in [-0.2, -0.15) is 23.3 Å². The van der Waals surface area contributed by atoms with Gasteiger partial charge in [0.15, 0.2) is 0 Å². The predicted molar refractivity (Wildman–Crippen MR) is 170 cm³/mol. The van der Waals surface area contributed by atoms with Crippen LogP contribution in [0.15, 0.2) is 145 Å². The van der Waals surface area contributed by atoms with Crippen molar-refractivity contribution in [2.75, 3.05) is 0 Å². The summed E-state index contributed by atoms with van der Waals surface area (Å²) in [5, 5.41) is 0. The maximum atomic E-state index is 3.39. The van der Waals surface area contributed by atoms with E-state index in [4.69, 9.17) is 0 Å². The molecular weight excluding hydrogens is 691 g/mol. The SMILES string of the molecule is CC1=[C-]C(C)C=C1c1ccccc1.CC1=[C-]C(C)C=C1c1ccccc1.[Cl-].[Cl-].[Zr+2]=[Ge]([c]1ccccc1)[c]1ccccc1. The summed E-state index contributed by atoms with van der Waals surface area (Å²) in [5.41, 5.74) is 7.84. The minimum atomic E-state index is -1.11. The van der Waals surface area contributed by atoms with Crippen LogP contribution in [0.3, 0.4) is 0 Å². The van der Waals surface area contributed by atoms with Crippen LogP contribution in [0.1, 0.15) is 38.8 Å². The molecule has 0 saturated heterocycles. The molecule has 0 amide bonds. The molecule has 6 rings (SSSR count). The average molecular weight is 727 g/mol. The van der Waals surface area contributed by atoms with Crippen LogP contribution in [0.4, 0.5) is 0 Å². The van der Waals surface area contributed by atoms with Gasteiger partial charge in [-0.15, -0.1) is 11.1 Å². The molecule has 0 N–H and O–H groups in total. The van der Waals surface area contributed by atoms with E-state index in [1.54, 1.807) is 30.4 Å². The second kappa shape index (κ2) is 18.5. The van der Waals surface area contributed by atoms with Gasteiger partial charge in [0, 0.05) is 0 Å². The van der Waals surface area contributed by atoms with Crippen LogP contribution in [-0.4, -0.2) is 9.98 Å². The summed E-state index contributed by atoms with van der Waals surface area (Å²) in [6.07, 6.45) is 11.3. The topological polar surface area (TPSA) is 0 Å². The Morgan fingerprint density at radius 1 is 0.500 bits per heavy atom. The molecule has 0 bridgehead atoms. The van der Waals surface area contributed by atoms with Crippen molar-refractivity contribution in [2.45, 2.75) is 27.7 Å². The molecule has 212 valence electrons. The molecule has 2 atom stereocenters. The van der Waals surface area contributed by atoms with Gasteiger partial charge in [0.05, 0.1) is 0 Å². The van der Waals surface area contributed by atoms with Crippen molar-refractivity contribution in [1.29, 1.82) is 0 Å². The number of hydrogen-bond acceptors (Lipinski definition) is 0. The van der Waals surface area contributed by atoms with Crippen molar-refractivity contribution in [3.8, 4) is 0 Å². The quantitative estimate of drug-likeness (QED) is 0.224. The molecule has 2 aliphatic rings. The summed E-state index contributed by atoms with van der Waals surface area (Å²) < 4.78 is 3.16. The van der Waals surface area contributed by atoms with Crippen molar-refractivity contribution in [2.24, 2.45) is 11.8 Å². The Labute approximate surface area is 281 Å². The van der Waals surface area contributed by atoms with Gasteiger partial charge in [0.1, 0.15) is 0 Å². The van der Waals surface area contributed by atoms with E-state index in [-0.39, 0.29) is 24.8 Å². The Bertz CT molecular complexity index is 1410. The average Bonchev–Trinajstić information content (AvgIpc) is 3.53. The molecule has 4 aromatic carbocycles. The van der Waals surface area contributed by atoms with Gasteiger partial charge in [-0.05, 0) is 0 Å². The predicted octanol–water partition coefficient (Wildman–Crippen LogP) is 2.29. The van der Waals surface area contributed by atoms with Crippen molar-refractivity contribution in [1.82, 2.24) is 0 Å². The second-order valence-corrected chi connectivity index (χ2v) is 20.5. The van der Waals surface area contributed by atoms with E-state index in [2.05, 4.69) is 161 Å². The van der Waals surface area contributed by atoms with Crippen molar-refractivity contribution >= 4 is 29.9 Å². The van der Waals surface area contributed by atoms with E-state index in [0.717, 1.165) is 0 Å². The van der Waals surface area contributed by atoms with Crippen molar-refractivity contribution < 1.29 is 46.4 Å². The fraction of sp³-hybridized carbons (Fsp3) is 0.158. The Morgan fingerprint density at radius 3 is 1.05 bits per heavy atom. The van der Waals surface area contributed by atoms with Gasteiger partial charge < -0.3 is 24.8 Å². The molecule has 0 saturated carbocycles. The fourth-order valence-electron chi connectivity index (χ4n) is 4.91. The van der Waals surface area contributed by atoms with E-state index in [0.29, 0.717) is 11.8 Å². The Hall–Kier alpha value is -2.15. The Morgan fingerprint density at radius 2 is 0.786 bits per heavy atom. The van der Waals surface area contributed by atoms with Crippen LogP contribution in [0.25, 0.3) is 11.1 Å². The van der Waals surface area contributed by atoms with Crippen LogP contribution in [0.2, 0.25) is 0 Å². The first kappa shape index (κ1) is 36.0. The first-order valence-corrected chi connectivity index (χ1v) is 23.4. The number of hydrogen-bond donors (Lipinski definition) is 0. The third-order valence-corrected chi connectivity index (χ3v) is 18.0. The van der Waals surface area contributed by atoms with Crippen LogP contribution >= 0.6 is 0 Å². The van der Waals surface area contributed by atoms with Gasteiger partial charge in [-0.3, -0.25) is 12.2 Å². The molecule has 4 aromatic rings. The molecule has 0 aliphatic heterocycles. The van der Waals surface area contributed by atoms with Gasteiger partial charge in [-0.1, -0.05) is 100 Å². The van der Waals surface area contributed by atoms with Gasteiger partial charge in [0.25, 0.3) is 0 Å². The maximum absolute atomic E-state index is 3.39. The normalized spacial score (nSPS) is 16.4. The first-order chi connectivity index (χ1) is 19.4. The Kier molecular flexibility index (Phi) is 15.9. The molecule has 0 radical (unpaired) electrons. The van der Waals surface area contributed by atoms with E-state index >= 15 is 0 Å². The zero-order valence-electron chi connectivity index (χ0n) is 24.6. The third-order valence-electron chi connectivity index (χ3n) is 6.82. The molecule has 0 spiro atoms. The van der Waals surface area contributed by atoms with Crippen LogP contribution < -0.4 is 33.6 Å². The number of halogens is 2. The van der Waals surface area contributed by atoms with E-state index in [9.17, 15) is 0 Å². The van der Waals surface area contributed by atoms with E-state index in [1.807, 2.05) is 12.1 Å². The molecule has 0 aromatic heterocycles. The van der Waals surface area contributed by atoms with Crippen LogP contribution in [-0.2, 0) is 21.6 Å². The fourth-order valence-corrected chi connectivity index (χ4v) is 12.1. The number of benzene rings is 4. The Balaban J connectivity index is 0.000000215. The molecule has 0 heterocycles. The van der Waals surface area contributed by atoms with Crippen LogP contribution in [0, 0.1) is 24.0 Å². The summed E-state index contributed by atoms with van der Waals surface area (Å²) in [4.78, 5) is 0. The molecule has 4 heteroatoms. The zero-order valence-corrected chi connectivity index (χ0v) is 30.7. The summed E-state index contributed by atoms with van der Waals surface area (Å²) >= 11 is 1.71. The standard InChI is InChI=1S/2C13H13.C12H10Ge.2ClH.Zr/c2*1-10-8-11(2)13(9-10)12-6-4-3-5-7-12;1-3-7-11(8-4-1)13-12-9-5-2-6-10-12;;;/h2*3-7,9-10H,1-2H3;1-10H;2*1H;/q2*-1;;;;+2/p-2. The summed E-state index contributed by atoms with van der Waals surface area (Å²) in [6, 6.07) is 42.9. The van der Waals surface area contributed by atoms with Crippen LogP contribution in [0.5, 0.6) is 0 Å². The molecule has 42 heavy (non-hydrogen) atoms. The molecule has 0 nitrogen and oxygen atoms in total. The second-order valence-electron chi connectivity index (χ2n) is 10.1. The van der Waals surface area contributed by atoms with E-state index in [1.165, 1.54) is 33.4 Å². The molecular formula is C38H36Cl2GeZr-2. The number of rotatable bonds is 4. The first-order valence-electron chi connectivity index (χ1n) is 13.9. The molecule has 0 fully saturated rings. The number of allylic oxidation sites excluding steroid dienone is 8. The minimum absolute atomic E-state index is 0. The van der Waals surface area contributed by atoms with Gasteiger partial charge in [-0.25, -0.2) is 11.1 Å².